The average molecular weight is 312 g/mol. The van der Waals surface area contributed by atoms with E-state index in [1.54, 1.807) is 0 Å². The van der Waals surface area contributed by atoms with Gasteiger partial charge in [-0.05, 0) is 12.8 Å². The Kier molecular flexibility index (Phi) is 14.5. The lowest BCUT2D eigenvalue weighted by Gasteiger charge is -2.04. The lowest BCUT2D eigenvalue weighted by Crippen LogP contribution is -2.05. The third-order valence-corrected chi connectivity index (χ3v) is 4.21. The van der Waals surface area contributed by atoms with Crippen LogP contribution in [0.1, 0.15) is 104 Å². The van der Waals surface area contributed by atoms with Crippen molar-refractivity contribution in [3.8, 4) is 0 Å². The first-order valence-electron chi connectivity index (χ1n) is 9.28. The van der Waals surface area contributed by atoms with E-state index in [0.717, 1.165) is 25.7 Å². The highest BCUT2D eigenvalue weighted by atomic mass is 16.4. The molecule has 0 aromatic rings. The fourth-order valence-corrected chi connectivity index (χ4v) is 2.63. The number of carbonyl (C=O) groups excluding carboxylic acids is 1. The van der Waals surface area contributed by atoms with Crippen LogP contribution in [0.15, 0.2) is 0 Å². The van der Waals surface area contributed by atoms with Crippen molar-refractivity contribution in [2.24, 2.45) is 5.92 Å². The number of carbonyl (C=O) groups is 2. The predicted molar refractivity (Wildman–Crippen MR) is 92.1 cm³/mol. The van der Waals surface area contributed by atoms with Crippen LogP contribution in [0.3, 0.4) is 0 Å². The zero-order valence-electron chi connectivity index (χ0n) is 14.7. The molecule has 0 aliphatic heterocycles. The summed E-state index contributed by atoms with van der Waals surface area (Å²) in [4.78, 5) is 21.8. The molecule has 0 aliphatic rings. The van der Waals surface area contributed by atoms with E-state index in [1.165, 1.54) is 57.8 Å². The average Bonchev–Trinajstić information content (AvgIpc) is 2.46. The molecular formula is C19H36O3. The molecule has 130 valence electrons. The first kappa shape index (κ1) is 21.1. The summed E-state index contributed by atoms with van der Waals surface area (Å²) >= 11 is 0. The maximum absolute atomic E-state index is 11.4. The van der Waals surface area contributed by atoms with Gasteiger partial charge in [-0.25, -0.2) is 0 Å². The quantitative estimate of drug-likeness (QED) is 0.369. The Balaban J connectivity index is 3.08. The van der Waals surface area contributed by atoms with Crippen LogP contribution in [0.2, 0.25) is 0 Å². The molecule has 22 heavy (non-hydrogen) atoms. The van der Waals surface area contributed by atoms with Crippen molar-refractivity contribution in [2.75, 3.05) is 0 Å². The van der Waals surface area contributed by atoms with E-state index in [9.17, 15) is 9.59 Å². The Bertz CT molecular complexity index is 284. The van der Waals surface area contributed by atoms with Crippen LogP contribution in [0.4, 0.5) is 0 Å². The van der Waals surface area contributed by atoms with Crippen molar-refractivity contribution < 1.29 is 14.7 Å². The Labute approximate surface area is 136 Å². The third-order valence-electron chi connectivity index (χ3n) is 4.21. The number of hydrogen-bond acceptors (Lipinski definition) is 2. The topological polar surface area (TPSA) is 54.4 Å². The molecule has 0 aliphatic carbocycles. The van der Waals surface area contributed by atoms with Gasteiger partial charge in [-0.15, -0.1) is 0 Å². The first-order valence-corrected chi connectivity index (χ1v) is 9.28. The van der Waals surface area contributed by atoms with Crippen molar-refractivity contribution in [2.45, 2.75) is 104 Å². The van der Waals surface area contributed by atoms with Crippen LogP contribution < -0.4 is 0 Å². The molecule has 0 aromatic carbocycles. The second-order valence-corrected chi connectivity index (χ2v) is 6.76. The van der Waals surface area contributed by atoms with Gasteiger partial charge in [0.25, 0.3) is 0 Å². The third kappa shape index (κ3) is 15.5. The van der Waals surface area contributed by atoms with Gasteiger partial charge in [0, 0.05) is 18.8 Å². The van der Waals surface area contributed by atoms with Gasteiger partial charge < -0.3 is 5.11 Å². The van der Waals surface area contributed by atoms with Crippen LogP contribution in [0.25, 0.3) is 0 Å². The number of aliphatic carboxylic acids is 1. The van der Waals surface area contributed by atoms with Crippen molar-refractivity contribution >= 4 is 11.8 Å². The van der Waals surface area contributed by atoms with E-state index in [0.29, 0.717) is 12.2 Å². The zero-order chi connectivity index (χ0) is 16.6. The second-order valence-electron chi connectivity index (χ2n) is 6.76. The summed E-state index contributed by atoms with van der Waals surface area (Å²) in [5.41, 5.74) is 0. The van der Waals surface area contributed by atoms with Crippen LogP contribution >= 0.6 is 0 Å². The summed E-state index contributed by atoms with van der Waals surface area (Å²) in [6.45, 7) is 3.96. The molecule has 0 aromatic heterocycles. The molecule has 0 bridgehead atoms. The van der Waals surface area contributed by atoms with Gasteiger partial charge in [-0.1, -0.05) is 78.1 Å². The van der Waals surface area contributed by atoms with Gasteiger partial charge in [-0.3, -0.25) is 9.59 Å². The SMILES string of the molecule is CC(C)C(=O)CCCCCCCCCCCCCCC(=O)O. The largest absolute Gasteiger partial charge is 0.481 e. The summed E-state index contributed by atoms with van der Waals surface area (Å²) in [5, 5.41) is 8.53. The first-order chi connectivity index (χ1) is 10.5. The molecule has 1 N–H and O–H groups in total. The summed E-state index contributed by atoms with van der Waals surface area (Å²) in [5.74, 6) is -0.0685. The van der Waals surface area contributed by atoms with Gasteiger partial charge >= 0.3 is 5.97 Å². The lowest BCUT2D eigenvalue weighted by molar-refractivity contribution is -0.137. The highest BCUT2D eigenvalue weighted by Crippen LogP contribution is 2.13. The molecule has 0 atom stereocenters. The Hall–Kier alpha value is -0.860. The number of carboxylic acids is 1. The summed E-state index contributed by atoms with van der Waals surface area (Å²) < 4.78 is 0. The summed E-state index contributed by atoms with van der Waals surface area (Å²) in [6, 6.07) is 0. The number of unbranched alkanes of at least 4 members (excludes halogenated alkanes) is 11. The number of hydrogen-bond donors (Lipinski definition) is 1. The monoisotopic (exact) mass is 312 g/mol. The van der Waals surface area contributed by atoms with Crippen LogP contribution in [0.5, 0.6) is 0 Å². The molecule has 0 radical (unpaired) electrons. The number of ketones is 1. The molecule has 0 spiro atoms. The van der Waals surface area contributed by atoms with Gasteiger partial charge in [0.1, 0.15) is 5.78 Å². The van der Waals surface area contributed by atoms with E-state index in [2.05, 4.69) is 0 Å². The number of carboxylic acid groups (broad SMARTS) is 1. The van der Waals surface area contributed by atoms with Gasteiger partial charge in [0.15, 0.2) is 0 Å². The van der Waals surface area contributed by atoms with Crippen molar-refractivity contribution in [3.63, 3.8) is 0 Å². The Morgan fingerprint density at radius 1 is 0.636 bits per heavy atom. The highest BCUT2D eigenvalue weighted by Gasteiger charge is 2.05. The highest BCUT2D eigenvalue weighted by molar-refractivity contribution is 5.80. The van der Waals surface area contributed by atoms with E-state index >= 15 is 0 Å². The normalized spacial score (nSPS) is 11.0. The maximum atomic E-state index is 11.4. The molecular weight excluding hydrogens is 276 g/mol. The van der Waals surface area contributed by atoms with E-state index in [-0.39, 0.29) is 5.92 Å². The molecule has 0 heterocycles. The molecule has 0 unspecified atom stereocenters. The molecule has 0 saturated carbocycles. The molecule has 3 nitrogen and oxygen atoms in total. The van der Waals surface area contributed by atoms with Crippen molar-refractivity contribution in [3.05, 3.63) is 0 Å². The molecule has 0 saturated heterocycles. The zero-order valence-corrected chi connectivity index (χ0v) is 14.7. The van der Waals surface area contributed by atoms with Gasteiger partial charge in [-0.2, -0.15) is 0 Å². The molecule has 3 heteroatoms. The maximum Gasteiger partial charge on any atom is 0.303 e. The molecule has 0 rings (SSSR count). The fourth-order valence-electron chi connectivity index (χ4n) is 2.63. The number of Topliss-reactive ketones (excluding diaryl/α,β-unsaturated/α-hetero) is 1. The van der Waals surface area contributed by atoms with E-state index in [4.69, 9.17) is 5.11 Å². The number of rotatable bonds is 16. The van der Waals surface area contributed by atoms with Crippen LogP contribution in [-0.2, 0) is 9.59 Å². The van der Waals surface area contributed by atoms with Gasteiger partial charge in [0.05, 0.1) is 0 Å². The second kappa shape index (κ2) is 15.1. The molecule has 0 fully saturated rings. The van der Waals surface area contributed by atoms with E-state index < -0.39 is 5.97 Å². The minimum absolute atomic E-state index is 0.198. The summed E-state index contributed by atoms with van der Waals surface area (Å²) in [7, 11) is 0. The van der Waals surface area contributed by atoms with E-state index in [1.807, 2.05) is 13.8 Å². The molecule has 0 amide bonds. The minimum Gasteiger partial charge on any atom is -0.481 e. The van der Waals surface area contributed by atoms with Crippen LogP contribution in [-0.4, -0.2) is 16.9 Å². The Morgan fingerprint density at radius 2 is 0.955 bits per heavy atom. The standard InChI is InChI=1S/C19H36O3/c1-17(2)18(20)15-13-11-9-7-5-3-4-6-8-10-12-14-16-19(21)22/h17H,3-16H2,1-2H3,(H,21,22). The van der Waals surface area contributed by atoms with Crippen molar-refractivity contribution in [1.82, 2.24) is 0 Å². The predicted octanol–water partition coefficient (Wildman–Crippen LogP) is 5.76. The fraction of sp³-hybridized carbons (Fsp3) is 0.895. The van der Waals surface area contributed by atoms with Crippen molar-refractivity contribution in [1.29, 1.82) is 0 Å². The van der Waals surface area contributed by atoms with Crippen LogP contribution in [0, 0.1) is 5.92 Å². The lowest BCUT2D eigenvalue weighted by atomic mass is 10.0. The Morgan fingerprint density at radius 3 is 1.27 bits per heavy atom. The summed E-state index contributed by atoms with van der Waals surface area (Å²) in [6.07, 6.45) is 15.5. The minimum atomic E-state index is -0.673. The van der Waals surface area contributed by atoms with Gasteiger partial charge in [0.2, 0.25) is 0 Å². The smallest absolute Gasteiger partial charge is 0.303 e.